The van der Waals surface area contributed by atoms with Gasteiger partial charge in [0.1, 0.15) is 5.69 Å². The number of rotatable bonds is 7. The van der Waals surface area contributed by atoms with Crippen LogP contribution in [0.1, 0.15) is 24.2 Å². The second-order valence-corrected chi connectivity index (χ2v) is 4.63. The Morgan fingerprint density at radius 1 is 1.52 bits per heavy atom. The average molecular weight is 295 g/mol. The summed E-state index contributed by atoms with van der Waals surface area (Å²) in [6.45, 7) is 4.75. The van der Waals surface area contributed by atoms with Crippen molar-refractivity contribution in [3.8, 4) is 0 Å². The van der Waals surface area contributed by atoms with E-state index in [4.69, 9.17) is 4.74 Å². The number of likely N-dealkylation sites (N-methyl/N-ethyl adjacent to an activating group) is 1. The van der Waals surface area contributed by atoms with E-state index in [2.05, 4.69) is 5.32 Å². The molecule has 0 aliphatic carbocycles. The van der Waals surface area contributed by atoms with Crippen molar-refractivity contribution in [1.82, 2.24) is 4.90 Å². The Hall–Kier alpha value is -2.15. The summed E-state index contributed by atoms with van der Waals surface area (Å²) in [5, 5.41) is 13.6. The molecule has 0 saturated heterocycles. The highest BCUT2D eigenvalue weighted by atomic mass is 16.6. The van der Waals surface area contributed by atoms with E-state index in [9.17, 15) is 14.9 Å². The van der Waals surface area contributed by atoms with Crippen molar-refractivity contribution in [3.63, 3.8) is 0 Å². The lowest BCUT2D eigenvalue weighted by Gasteiger charge is -2.27. The summed E-state index contributed by atoms with van der Waals surface area (Å²) in [6.07, 6.45) is 0. The third kappa shape index (κ3) is 3.91. The lowest BCUT2D eigenvalue weighted by atomic mass is 10.1. The molecule has 1 rings (SSSR count). The van der Waals surface area contributed by atoms with Crippen LogP contribution in [-0.2, 0) is 4.74 Å². The lowest BCUT2D eigenvalue weighted by molar-refractivity contribution is -0.383. The molecule has 0 bridgehead atoms. The first-order chi connectivity index (χ1) is 9.96. The molecule has 1 aromatic carbocycles. The monoisotopic (exact) mass is 295 g/mol. The summed E-state index contributed by atoms with van der Waals surface area (Å²) in [4.78, 5) is 24.6. The molecule has 0 radical (unpaired) electrons. The van der Waals surface area contributed by atoms with E-state index < -0.39 is 4.92 Å². The second-order valence-electron chi connectivity index (χ2n) is 4.63. The van der Waals surface area contributed by atoms with Gasteiger partial charge in [0.15, 0.2) is 0 Å². The normalized spacial score (nSPS) is 11.8. The third-order valence-electron chi connectivity index (χ3n) is 3.25. The Balaban J connectivity index is 3.09. The van der Waals surface area contributed by atoms with Crippen LogP contribution in [0.3, 0.4) is 0 Å². The van der Waals surface area contributed by atoms with E-state index in [1.54, 1.807) is 19.1 Å². The molecule has 21 heavy (non-hydrogen) atoms. The van der Waals surface area contributed by atoms with Crippen molar-refractivity contribution in [2.75, 3.05) is 32.6 Å². The van der Waals surface area contributed by atoms with Gasteiger partial charge in [-0.3, -0.25) is 14.9 Å². The molecule has 0 aliphatic rings. The Morgan fingerprint density at radius 3 is 2.67 bits per heavy atom. The summed E-state index contributed by atoms with van der Waals surface area (Å²) in [7, 11) is 3.17. The molecular weight excluding hydrogens is 274 g/mol. The number of benzene rings is 1. The molecule has 0 fully saturated rings. The van der Waals surface area contributed by atoms with E-state index in [0.29, 0.717) is 24.4 Å². The van der Waals surface area contributed by atoms with Crippen LogP contribution in [-0.4, -0.2) is 49.1 Å². The number of nitro groups is 1. The molecule has 1 unspecified atom stereocenters. The number of carbonyl (C=O) groups is 1. The largest absolute Gasteiger partial charge is 0.383 e. The molecule has 1 atom stereocenters. The minimum absolute atomic E-state index is 0.0537. The third-order valence-corrected chi connectivity index (χ3v) is 3.25. The number of anilines is 1. The number of hydrogen-bond acceptors (Lipinski definition) is 5. The lowest BCUT2D eigenvalue weighted by Crippen LogP contribution is -2.40. The zero-order valence-electron chi connectivity index (χ0n) is 12.8. The van der Waals surface area contributed by atoms with Gasteiger partial charge in [0, 0.05) is 32.3 Å². The van der Waals surface area contributed by atoms with Gasteiger partial charge in [-0.1, -0.05) is 0 Å². The highest BCUT2D eigenvalue weighted by Crippen LogP contribution is 2.25. The van der Waals surface area contributed by atoms with Gasteiger partial charge in [-0.15, -0.1) is 0 Å². The minimum atomic E-state index is -0.481. The van der Waals surface area contributed by atoms with Crippen LogP contribution < -0.4 is 5.32 Å². The van der Waals surface area contributed by atoms with Crippen LogP contribution in [0, 0.1) is 10.1 Å². The molecule has 0 aliphatic heterocycles. The Kier molecular flexibility index (Phi) is 6.10. The van der Waals surface area contributed by atoms with Crippen molar-refractivity contribution in [3.05, 3.63) is 33.9 Å². The van der Waals surface area contributed by atoms with Crippen LogP contribution in [0.15, 0.2) is 18.2 Å². The number of nitrogens with zero attached hydrogens (tertiary/aromatic N) is 2. The van der Waals surface area contributed by atoms with Gasteiger partial charge < -0.3 is 15.0 Å². The SMILES string of the molecule is CCN(C(=O)c1ccc([N+](=O)[O-])c(NC)c1)C(C)COC. The van der Waals surface area contributed by atoms with Crippen LogP contribution in [0.25, 0.3) is 0 Å². The number of nitro benzene ring substituents is 1. The molecule has 7 heteroatoms. The zero-order valence-corrected chi connectivity index (χ0v) is 12.8. The molecule has 0 heterocycles. The first-order valence-corrected chi connectivity index (χ1v) is 6.72. The van der Waals surface area contributed by atoms with E-state index in [1.807, 2.05) is 13.8 Å². The number of nitrogens with one attached hydrogen (secondary N) is 1. The molecule has 0 spiro atoms. The van der Waals surface area contributed by atoms with Crippen molar-refractivity contribution >= 4 is 17.3 Å². The molecule has 0 aromatic heterocycles. The number of hydrogen-bond donors (Lipinski definition) is 1. The molecule has 1 aromatic rings. The number of methoxy groups -OCH3 is 1. The maximum Gasteiger partial charge on any atom is 0.292 e. The highest BCUT2D eigenvalue weighted by Gasteiger charge is 2.22. The van der Waals surface area contributed by atoms with E-state index in [-0.39, 0.29) is 17.6 Å². The first-order valence-electron chi connectivity index (χ1n) is 6.72. The average Bonchev–Trinajstić information content (AvgIpc) is 2.47. The molecule has 1 N–H and O–H groups in total. The molecular formula is C14H21N3O4. The first kappa shape index (κ1) is 16.9. The quantitative estimate of drug-likeness (QED) is 0.615. The summed E-state index contributed by atoms with van der Waals surface area (Å²) >= 11 is 0. The van der Waals surface area contributed by atoms with Crippen LogP contribution >= 0.6 is 0 Å². The predicted octanol–water partition coefficient (Wildman–Crippen LogP) is 2.13. The summed E-state index contributed by atoms with van der Waals surface area (Å²) in [6, 6.07) is 4.25. The van der Waals surface area contributed by atoms with Crippen molar-refractivity contribution in [1.29, 1.82) is 0 Å². The summed E-state index contributed by atoms with van der Waals surface area (Å²) in [5.41, 5.74) is 0.679. The van der Waals surface area contributed by atoms with Crippen LogP contribution in [0.2, 0.25) is 0 Å². The number of amides is 1. The fourth-order valence-electron chi connectivity index (χ4n) is 2.18. The minimum Gasteiger partial charge on any atom is -0.383 e. The molecule has 0 saturated carbocycles. The fourth-order valence-corrected chi connectivity index (χ4v) is 2.18. The van der Waals surface area contributed by atoms with E-state index in [0.717, 1.165) is 0 Å². The van der Waals surface area contributed by atoms with E-state index in [1.165, 1.54) is 18.2 Å². The molecule has 1 amide bonds. The summed E-state index contributed by atoms with van der Waals surface area (Å²) < 4.78 is 5.07. The maximum absolute atomic E-state index is 12.5. The Labute approximate surface area is 124 Å². The second kappa shape index (κ2) is 7.58. The van der Waals surface area contributed by atoms with Crippen molar-refractivity contribution < 1.29 is 14.5 Å². The smallest absolute Gasteiger partial charge is 0.292 e. The van der Waals surface area contributed by atoms with Gasteiger partial charge in [0.25, 0.3) is 11.6 Å². The van der Waals surface area contributed by atoms with Gasteiger partial charge >= 0.3 is 0 Å². The topological polar surface area (TPSA) is 84.7 Å². The maximum atomic E-state index is 12.5. The Morgan fingerprint density at radius 2 is 2.19 bits per heavy atom. The van der Waals surface area contributed by atoms with Crippen LogP contribution in [0.4, 0.5) is 11.4 Å². The number of carbonyl (C=O) groups excluding carboxylic acids is 1. The Bertz CT molecular complexity index is 519. The zero-order chi connectivity index (χ0) is 16.0. The van der Waals surface area contributed by atoms with Gasteiger partial charge in [-0.05, 0) is 26.0 Å². The van der Waals surface area contributed by atoms with Gasteiger partial charge in [-0.2, -0.15) is 0 Å². The highest BCUT2D eigenvalue weighted by molar-refractivity contribution is 5.96. The predicted molar refractivity (Wildman–Crippen MR) is 80.7 cm³/mol. The van der Waals surface area contributed by atoms with Crippen molar-refractivity contribution in [2.24, 2.45) is 0 Å². The van der Waals surface area contributed by atoms with Crippen molar-refractivity contribution in [2.45, 2.75) is 19.9 Å². The fraction of sp³-hybridized carbons (Fsp3) is 0.500. The number of ether oxygens (including phenoxy) is 1. The van der Waals surface area contributed by atoms with Gasteiger partial charge in [-0.25, -0.2) is 0 Å². The standard InChI is InChI=1S/C14H21N3O4/c1-5-16(10(2)9-21-4)14(18)11-6-7-13(17(19)20)12(8-11)15-3/h6-8,10,15H,5,9H2,1-4H3. The summed E-state index contributed by atoms with van der Waals surface area (Å²) in [5.74, 6) is -0.173. The molecule has 116 valence electrons. The van der Waals surface area contributed by atoms with Crippen LogP contribution in [0.5, 0.6) is 0 Å². The molecule has 7 nitrogen and oxygen atoms in total. The van der Waals surface area contributed by atoms with E-state index >= 15 is 0 Å². The van der Waals surface area contributed by atoms with Gasteiger partial charge in [0.2, 0.25) is 0 Å². The van der Waals surface area contributed by atoms with Gasteiger partial charge in [0.05, 0.1) is 17.6 Å².